The minimum absolute atomic E-state index is 0.312. The summed E-state index contributed by atoms with van der Waals surface area (Å²) in [5, 5.41) is 4.45. The second-order valence-electron chi connectivity index (χ2n) is 9.93. The first-order valence-electron chi connectivity index (χ1n) is 14.0. The predicted octanol–water partition coefficient (Wildman–Crippen LogP) is 7.36. The number of rotatable bonds is 16. The molecule has 0 aromatic heterocycles. The lowest BCUT2D eigenvalue weighted by Crippen LogP contribution is -2.33. The molecule has 3 aromatic carbocycles. The van der Waals surface area contributed by atoms with Crippen molar-refractivity contribution < 1.29 is 4.79 Å². The lowest BCUT2D eigenvalue weighted by molar-refractivity contribution is -0.130. The Balaban J connectivity index is 1.53. The second-order valence-corrected chi connectivity index (χ2v) is 13.5. The third kappa shape index (κ3) is 8.04. The Morgan fingerprint density at radius 3 is 1.47 bits per heavy atom. The molecule has 0 atom stereocenters. The number of unbranched alkanes of at least 4 members (excludes halogenated alkanes) is 7. The molecule has 0 bridgehead atoms. The molecular formula is C33H45NOP+. The lowest BCUT2D eigenvalue weighted by atomic mass is 10.1. The van der Waals surface area contributed by atoms with E-state index in [9.17, 15) is 4.79 Å². The zero-order valence-corrected chi connectivity index (χ0v) is 23.3. The summed E-state index contributed by atoms with van der Waals surface area (Å²) < 4.78 is 0. The molecule has 0 aliphatic carbocycles. The number of nitrogens with zero attached hydrogens (tertiary/aromatic N) is 1. The molecular weight excluding hydrogens is 457 g/mol. The molecule has 1 amide bonds. The zero-order valence-electron chi connectivity index (χ0n) is 22.4. The third-order valence-corrected chi connectivity index (χ3v) is 11.8. The summed E-state index contributed by atoms with van der Waals surface area (Å²) in [4.78, 5) is 14.1. The summed E-state index contributed by atoms with van der Waals surface area (Å²) in [6.45, 7) is 3.07. The van der Waals surface area contributed by atoms with Crippen molar-refractivity contribution in [3.8, 4) is 0 Å². The molecule has 3 heteroatoms. The van der Waals surface area contributed by atoms with Gasteiger partial charge in [-0.15, -0.1) is 0 Å². The molecule has 0 heterocycles. The molecule has 0 spiro atoms. The van der Waals surface area contributed by atoms with Gasteiger partial charge >= 0.3 is 0 Å². The van der Waals surface area contributed by atoms with E-state index in [4.69, 9.17) is 0 Å². The average molecular weight is 503 g/mol. The minimum Gasteiger partial charge on any atom is -0.346 e. The van der Waals surface area contributed by atoms with Crippen molar-refractivity contribution >= 4 is 29.1 Å². The zero-order chi connectivity index (χ0) is 25.5. The second kappa shape index (κ2) is 15.6. The van der Waals surface area contributed by atoms with E-state index in [-0.39, 0.29) is 0 Å². The molecule has 0 fully saturated rings. The molecule has 0 radical (unpaired) electrons. The predicted molar refractivity (Wildman–Crippen MR) is 159 cm³/mol. The smallest absolute Gasteiger partial charge is 0.222 e. The maximum Gasteiger partial charge on any atom is 0.222 e. The van der Waals surface area contributed by atoms with Crippen molar-refractivity contribution in [3.63, 3.8) is 0 Å². The van der Waals surface area contributed by atoms with Gasteiger partial charge in [-0.1, -0.05) is 93.6 Å². The Morgan fingerprint density at radius 1 is 0.611 bits per heavy atom. The first-order chi connectivity index (χ1) is 17.7. The highest BCUT2D eigenvalue weighted by atomic mass is 31.2. The Morgan fingerprint density at radius 2 is 1.03 bits per heavy atom. The molecule has 36 heavy (non-hydrogen) atoms. The normalized spacial score (nSPS) is 11.4. The van der Waals surface area contributed by atoms with Gasteiger partial charge in [0.1, 0.15) is 23.2 Å². The van der Waals surface area contributed by atoms with E-state index in [2.05, 4.69) is 97.9 Å². The Labute approximate surface area is 220 Å². The maximum atomic E-state index is 12.2. The maximum absolute atomic E-state index is 12.2. The van der Waals surface area contributed by atoms with Crippen LogP contribution < -0.4 is 15.9 Å². The molecule has 2 nitrogen and oxygen atoms in total. The van der Waals surface area contributed by atoms with Crippen LogP contribution in [0.3, 0.4) is 0 Å². The fourth-order valence-corrected chi connectivity index (χ4v) is 9.51. The third-order valence-electron chi connectivity index (χ3n) is 7.25. The standard InChI is InChI=1S/C33H45NOP/c1-3-4-28-34(2)33(35)27-19-8-6-5-7-9-20-29-36(30-21-13-10-14-22-30,31-23-15-11-16-24-31)32-25-17-12-18-26-32/h10-18,21-26H,3-9,19-20,27-29H2,1-2H3/q+1. The van der Waals surface area contributed by atoms with Crippen LogP contribution in [0.5, 0.6) is 0 Å². The van der Waals surface area contributed by atoms with Crippen molar-refractivity contribution in [1.29, 1.82) is 0 Å². The molecule has 3 aromatic rings. The van der Waals surface area contributed by atoms with Crippen LogP contribution in [0.1, 0.15) is 71.1 Å². The summed E-state index contributed by atoms with van der Waals surface area (Å²) >= 11 is 0. The number of amides is 1. The molecule has 0 saturated carbocycles. The van der Waals surface area contributed by atoms with E-state index in [0.29, 0.717) is 12.3 Å². The van der Waals surface area contributed by atoms with Crippen LogP contribution in [0.2, 0.25) is 0 Å². The topological polar surface area (TPSA) is 20.3 Å². The van der Waals surface area contributed by atoms with E-state index >= 15 is 0 Å². The number of hydrogen-bond donors (Lipinski definition) is 0. The number of benzene rings is 3. The van der Waals surface area contributed by atoms with E-state index in [1.165, 1.54) is 60.6 Å². The molecule has 0 unspecified atom stereocenters. The summed E-state index contributed by atoms with van der Waals surface area (Å²) in [5.41, 5.74) is 0. The van der Waals surface area contributed by atoms with Crippen LogP contribution in [0.4, 0.5) is 0 Å². The van der Waals surface area contributed by atoms with Crippen LogP contribution >= 0.6 is 7.26 Å². The van der Waals surface area contributed by atoms with Crippen LogP contribution in [0.15, 0.2) is 91.0 Å². The van der Waals surface area contributed by atoms with E-state index in [1.54, 1.807) is 0 Å². The number of hydrogen-bond acceptors (Lipinski definition) is 1. The molecule has 192 valence electrons. The van der Waals surface area contributed by atoms with E-state index < -0.39 is 7.26 Å². The Hall–Kier alpha value is -2.44. The van der Waals surface area contributed by atoms with Crippen LogP contribution in [-0.2, 0) is 4.79 Å². The summed E-state index contributed by atoms with van der Waals surface area (Å²) in [6, 6.07) is 33.6. The van der Waals surface area contributed by atoms with Gasteiger partial charge in [0.05, 0.1) is 6.16 Å². The monoisotopic (exact) mass is 502 g/mol. The lowest BCUT2D eigenvalue weighted by Gasteiger charge is -2.27. The molecule has 0 saturated heterocycles. The van der Waals surface area contributed by atoms with E-state index in [1.807, 2.05) is 11.9 Å². The largest absolute Gasteiger partial charge is 0.346 e. The van der Waals surface area contributed by atoms with Gasteiger partial charge in [0.2, 0.25) is 5.91 Å². The summed E-state index contributed by atoms with van der Waals surface area (Å²) in [7, 11) is 0.255. The molecule has 3 rings (SSSR count). The van der Waals surface area contributed by atoms with Gasteiger partial charge in [-0.2, -0.15) is 0 Å². The van der Waals surface area contributed by atoms with E-state index in [0.717, 1.165) is 25.8 Å². The van der Waals surface area contributed by atoms with Gasteiger partial charge in [-0.3, -0.25) is 4.79 Å². The quantitative estimate of drug-likeness (QED) is 0.148. The van der Waals surface area contributed by atoms with Crippen molar-refractivity contribution in [3.05, 3.63) is 91.0 Å². The first-order valence-corrected chi connectivity index (χ1v) is 15.9. The van der Waals surface area contributed by atoms with Gasteiger partial charge in [0.15, 0.2) is 0 Å². The Kier molecular flexibility index (Phi) is 12.2. The molecule has 0 aliphatic rings. The van der Waals surface area contributed by atoms with Crippen LogP contribution in [0.25, 0.3) is 0 Å². The summed E-state index contributed by atoms with van der Waals surface area (Å²) in [6.07, 6.45) is 12.7. The summed E-state index contributed by atoms with van der Waals surface area (Å²) in [5.74, 6) is 0.312. The fourth-order valence-electron chi connectivity index (χ4n) is 5.10. The van der Waals surface area contributed by atoms with Gasteiger partial charge in [0.25, 0.3) is 0 Å². The molecule has 0 N–H and O–H groups in total. The highest BCUT2D eigenvalue weighted by molar-refractivity contribution is 7.95. The van der Waals surface area contributed by atoms with Crippen molar-refractivity contribution in [2.45, 2.75) is 71.1 Å². The Bertz CT molecular complexity index is 893. The van der Waals surface area contributed by atoms with Crippen molar-refractivity contribution in [2.24, 2.45) is 0 Å². The van der Waals surface area contributed by atoms with Crippen molar-refractivity contribution in [2.75, 3.05) is 19.8 Å². The van der Waals surface area contributed by atoms with Gasteiger partial charge < -0.3 is 4.90 Å². The van der Waals surface area contributed by atoms with Crippen molar-refractivity contribution in [1.82, 2.24) is 4.90 Å². The highest BCUT2D eigenvalue weighted by Gasteiger charge is 2.44. The van der Waals surface area contributed by atoms with Crippen LogP contribution in [-0.4, -0.2) is 30.6 Å². The van der Waals surface area contributed by atoms with Gasteiger partial charge in [-0.05, 0) is 62.1 Å². The van der Waals surface area contributed by atoms with Gasteiger partial charge in [0, 0.05) is 20.0 Å². The fraction of sp³-hybridized carbons (Fsp3) is 0.424. The van der Waals surface area contributed by atoms with Crippen LogP contribution in [0, 0.1) is 0 Å². The highest BCUT2D eigenvalue weighted by Crippen LogP contribution is 2.55. The number of carbonyl (C=O) groups is 1. The first kappa shape index (κ1) is 28.1. The molecule has 0 aliphatic heterocycles. The average Bonchev–Trinajstić information content (AvgIpc) is 2.94. The minimum atomic E-state index is -1.69. The SMILES string of the molecule is CCCCN(C)C(=O)CCCCCCCCC[P+](c1ccccc1)(c1ccccc1)c1ccccc1. The van der Waals surface area contributed by atoms with Gasteiger partial charge in [-0.25, -0.2) is 0 Å². The number of carbonyl (C=O) groups excluding carboxylic acids is 1.